The minimum Gasteiger partial charge on any atom is -0.444 e. The van der Waals surface area contributed by atoms with Crippen LogP contribution in [0.25, 0.3) is 11.1 Å². The van der Waals surface area contributed by atoms with Gasteiger partial charge in [0.25, 0.3) is 5.91 Å². The Morgan fingerprint density at radius 3 is 2.15 bits per heavy atom. The Morgan fingerprint density at radius 2 is 1.61 bits per heavy atom. The molecule has 0 unspecified atom stereocenters. The average Bonchev–Trinajstić information content (AvgIpc) is 2.65. The minimum absolute atomic E-state index is 0.0462. The van der Waals surface area contributed by atoms with Gasteiger partial charge in [-0.3, -0.25) is 4.79 Å². The fourth-order valence-corrected chi connectivity index (χ4v) is 3.51. The second-order valence-corrected chi connectivity index (χ2v) is 10.9. The summed E-state index contributed by atoms with van der Waals surface area (Å²) in [5.74, 6) is -0.681. The van der Waals surface area contributed by atoms with Crippen molar-refractivity contribution in [3.63, 3.8) is 0 Å². The SMILES string of the molecule is CC(C)Nc1cc(-c2ccc(CCNC(=O)OC(C)(C)C)cc2)ccc1C(=O)NS(C)(=O)=O. The van der Waals surface area contributed by atoms with Crippen LogP contribution in [0, 0.1) is 0 Å². The van der Waals surface area contributed by atoms with Gasteiger partial charge in [-0.25, -0.2) is 17.9 Å². The maximum absolute atomic E-state index is 12.4. The van der Waals surface area contributed by atoms with Gasteiger partial charge in [-0.05, 0) is 69.9 Å². The van der Waals surface area contributed by atoms with Crippen molar-refractivity contribution in [2.75, 3.05) is 18.1 Å². The van der Waals surface area contributed by atoms with Gasteiger partial charge in [0.05, 0.1) is 11.8 Å². The lowest BCUT2D eigenvalue weighted by molar-refractivity contribution is 0.0528. The highest BCUT2D eigenvalue weighted by atomic mass is 32.2. The van der Waals surface area contributed by atoms with Crippen molar-refractivity contribution in [1.82, 2.24) is 10.0 Å². The molecule has 0 aromatic heterocycles. The van der Waals surface area contributed by atoms with Gasteiger partial charge in [0.15, 0.2) is 0 Å². The molecule has 0 saturated heterocycles. The van der Waals surface area contributed by atoms with Crippen molar-refractivity contribution in [2.24, 2.45) is 0 Å². The van der Waals surface area contributed by atoms with E-state index in [0.717, 1.165) is 22.9 Å². The summed E-state index contributed by atoms with van der Waals surface area (Å²) >= 11 is 0. The van der Waals surface area contributed by atoms with E-state index in [1.54, 1.807) is 12.1 Å². The zero-order valence-electron chi connectivity index (χ0n) is 20.0. The van der Waals surface area contributed by atoms with E-state index in [1.807, 2.05) is 69.7 Å². The van der Waals surface area contributed by atoms with Crippen molar-refractivity contribution in [3.8, 4) is 11.1 Å². The number of hydrogen-bond acceptors (Lipinski definition) is 6. The smallest absolute Gasteiger partial charge is 0.407 e. The number of carbonyl (C=O) groups excluding carboxylic acids is 2. The molecule has 2 aromatic carbocycles. The van der Waals surface area contributed by atoms with Gasteiger partial charge in [-0.15, -0.1) is 0 Å². The standard InChI is InChI=1S/C24H33N3O5S/c1-16(2)26-21-15-19(11-12-20(21)22(28)27-33(6,30)31)18-9-7-17(8-10-18)13-14-25-23(29)32-24(3,4)5/h7-12,15-16,26H,13-14H2,1-6H3,(H,25,29)(H,27,28). The fourth-order valence-electron chi connectivity index (χ4n) is 3.06. The third kappa shape index (κ3) is 9.13. The first-order valence-electron chi connectivity index (χ1n) is 10.7. The van der Waals surface area contributed by atoms with E-state index >= 15 is 0 Å². The summed E-state index contributed by atoms with van der Waals surface area (Å²) in [5.41, 5.74) is 3.15. The Hall–Kier alpha value is -3.07. The fraction of sp³-hybridized carbons (Fsp3) is 0.417. The summed E-state index contributed by atoms with van der Waals surface area (Å²) in [6, 6.07) is 13.2. The van der Waals surface area contributed by atoms with E-state index in [9.17, 15) is 18.0 Å². The summed E-state index contributed by atoms with van der Waals surface area (Å²) in [6.07, 6.45) is 1.16. The van der Waals surface area contributed by atoms with Gasteiger partial charge >= 0.3 is 6.09 Å². The molecule has 0 atom stereocenters. The quantitative estimate of drug-likeness (QED) is 0.533. The Kier molecular flexibility index (Phi) is 8.49. The zero-order valence-corrected chi connectivity index (χ0v) is 20.8. The molecule has 0 radical (unpaired) electrons. The van der Waals surface area contributed by atoms with E-state index in [4.69, 9.17) is 4.74 Å². The molecule has 180 valence electrons. The summed E-state index contributed by atoms with van der Waals surface area (Å²) < 4.78 is 30.2. The Morgan fingerprint density at radius 1 is 1.00 bits per heavy atom. The minimum atomic E-state index is -3.67. The third-order valence-corrected chi connectivity index (χ3v) is 4.91. The molecule has 2 aromatic rings. The molecule has 0 heterocycles. The molecular formula is C24H33N3O5S. The first-order valence-corrected chi connectivity index (χ1v) is 12.6. The maximum atomic E-state index is 12.4. The summed E-state index contributed by atoms with van der Waals surface area (Å²) in [7, 11) is -3.67. The van der Waals surface area contributed by atoms with Crippen LogP contribution in [0.2, 0.25) is 0 Å². The van der Waals surface area contributed by atoms with E-state index in [-0.39, 0.29) is 11.6 Å². The first kappa shape index (κ1) is 26.2. The number of ether oxygens (including phenoxy) is 1. The summed E-state index contributed by atoms with van der Waals surface area (Å²) in [5, 5.41) is 5.95. The van der Waals surface area contributed by atoms with Gasteiger partial charge in [0.2, 0.25) is 10.0 Å². The lowest BCUT2D eigenvalue weighted by atomic mass is 10.00. The van der Waals surface area contributed by atoms with Crippen LogP contribution in [0.5, 0.6) is 0 Å². The van der Waals surface area contributed by atoms with Gasteiger partial charge in [0, 0.05) is 18.3 Å². The van der Waals surface area contributed by atoms with Crippen LogP contribution in [0.3, 0.4) is 0 Å². The normalized spacial score (nSPS) is 11.7. The van der Waals surface area contributed by atoms with Crippen molar-refractivity contribution in [3.05, 3.63) is 53.6 Å². The number of alkyl carbamates (subject to hydrolysis) is 1. The molecule has 0 spiro atoms. The zero-order chi connectivity index (χ0) is 24.8. The number of nitrogens with one attached hydrogen (secondary N) is 3. The van der Waals surface area contributed by atoms with E-state index in [2.05, 4.69) is 10.6 Å². The molecule has 0 aliphatic heterocycles. The molecule has 0 bridgehead atoms. The second kappa shape index (κ2) is 10.7. The lowest BCUT2D eigenvalue weighted by Crippen LogP contribution is -2.33. The van der Waals surface area contributed by atoms with Gasteiger partial charge in [-0.1, -0.05) is 30.3 Å². The third-order valence-electron chi connectivity index (χ3n) is 4.36. The van der Waals surface area contributed by atoms with E-state index < -0.39 is 27.6 Å². The Bertz CT molecular complexity index is 1090. The maximum Gasteiger partial charge on any atom is 0.407 e. The lowest BCUT2D eigenvalue weighted by Gasteiger charge is -2.19. The molecule has 0 saturated carbocycles. The summed E-state index contributed by atoms with van der Waals surface area (Å²) in [6.45, 7) is 9.78. The monoisotopic (exact) mass is 475 g/mol. The second-order valence-electron chi connectivity index (χ2n) is 9.14. The molecular weight excluding hydrogens is 442 g/mol. The number of amides is 2. The van der Waals surface area contributed by atoms with Crippen LogP contribution < -0.4 is 15.4 Å². The van der Waals surface area contributed by atoms with Crippen molar-refractivity contribution in [1.29, 1.82) is 0 Å². The average molecular weight is 476 g/mol. The molecule has 0 aliphatic rings. The van der Waals surface area contributed by atoms with Gasteiger partial charge in [0.1, 0.15) is 5.60 Å². The highest BCUT2D eigenvalue weighted by Crippen LogP contribution is 2.27. The van der Waals surface area contributed by atoms with Gasteiger partial charge < -0.3 is 15.4 Å². The highest BCUT2D eigenvalue weighted by Gasteiger charge is 2.17. The number of hydrogen-bond donors (Lipinski definition) is 3. The van der Waals surface area contributed by atoms with Crippen LogP contribution in [0.1, 0.15) is 50.5 Å². The highest BCUT2D eigenvalue weighted by molar-refractivity contribution is 7.89. The molecule has 33 heavy (non-hydrogen) atoms. The first-order chi connectivity index (χ1) is 15.2. The predicted molar refractivity (Wildman–Crippen MR) is 131 cm³/mol. The van der Waals surface area contributed by atoms with Crippen LogP contribution >= 0.6 is 0 Å². The number of rotatable bonds is 8. The van der Waals surface area contributed by atoms with Crippen LogP contribution in [-0.2, 0) is 21.2 Å². The number of carbonyl (C=O) groups is 2. The molecule has 0 aliphatic carbocycles. The topological polar surface area (TPSA) is 114 Å². The Balaban J connectivity index is 2.13. The summed E-state index contributed by atoms with van der Waals surface area (Å²) in [4.78, 5) is 24.2. The largest absolute Gasteiger partial charge is 0.444 e. The molecule has 3 N–H and O–H groups in total. The van der Waals surface area contributed by atoms with E-state index in [0.29, 0.717) is 18.7 Å². The molecule has 8 nitrogen and oxygen atoms in total. The van der Waals surface area contributed by atoms with Gasteiger partial charge in [-0.2, -0.15) is 0 Å². The molecule has 2 rings (SSSR count). The number of anilines is 1. The Labute approximate surface area is 196 Å². The van der Waals surface area contributed by atoms with Crippen LogP contribution in [0.15, 0.2) is 42.5 Å². The van der Waals surface area contributed by atoms with Crippen LogP contribution in [0.4, 0.5) is 10.5 Å². The molecule has 2 amide bonds. The molecule has 9 heteroatoms. The van der Waals surface area contributed by atoms with Crippen LogP contribution in [-0.4, -0.2) is 44.9 Å². The molecule has 0 fully saturated rings. The van der Waals surface area contributed by atoms with Crippen molar-refractivity contribution < 1.29 is 22.7 Å². The predicted octanol–water partition coefficient (Wildman–Crippen LogP) is 3.93. The van der Waals surface area contributed by atoms with E-state index in [1.165, 1.54) is 0 Å². The van der Waals surface area contributed by atoms with Crippen molar-refractivity contribution >= 4 is 27.7 Å². The number of benzene rings is 2. The number of sulfonamides is 1. The van der Waals surface area contributed by atoms with Crippen molar-refractivity contribution in [2.45, 2.75) is 52.7 Å².